The van der Waals surface area contributed by atoms with Gasteiger partial charge in [-0.25, -0.2) is 9.59 Å². The molecule has 6 nitrogen and oxygen atoms in total. The quantitative estimate of drug-likeness (QED) is 0.0735. The molecule has 0 N–H and O–H groups in total. The number of benzene rings is 1. The van der Waals surface area contributed by atoms with Crippen LogP contribution in [0.3, 0.4) is 0 Å². The standard InChI is InChI=1S/C38H62O6/c1-6-7-14-17-32-18-20-33(21-19-32)34-22-24-35(25-23-34)42-29-16-13-11-9-8-10-12-15-28-41-30-31(2)43-36(39)26-27-37(40)44-38(3,4)5/h22-27,31-33H,6-21,28-30H2,1-5H3/b27-26+/t31-,32?,33?/m0/s1. The first kappa shape index (κ1) is 37.8. The van der Waals surface area contributed by atoms with E-state index in [9.17, 15) is 9.59 Å². The zero-order valence-corrected chi connectivity index (χ0v) is 28.6. The number of carbonyl (C=O) groups is 2. The first-order chi connectivity index (χ1) is 21.2. The van der Waals surface area contributed by atoms with E-state index in [0.717, 1.165) is 55.6 Å². The second-order valence-corrected chi connectivity index (χ2v) is 13.6. The molecule has 1 fully saturated rings. The van der Waals surface area contributed by atoms with E-state index in [4.69, 9.17) is 18.9 Å². The van der Waals surface area contributed by atoms with Crippen molar-refractivity contribution in [2.45, 2.75) is 155 Å². The van der Waals surface area contributed by atoms with Gasteiger partial charge in [-0.1, -0.05) is 83.3 Å². The predicted octanol–water partition coefficient (Wildman–Crippen LogP) is 9.89. The molecule has 1 aliphatic carbocycles. The van der Waals surface area contributed by atoms with Gasteiger partial charge in [0.15, 0.2) is 0 Å². The van der Waals surface area contributed by atoms with Gasteiger partial charge in [0.2, 0.25) is 0 Å². The Balaban J connectivity index is 1.39. The van der Waals surface area contributed by atoms with Crippen LogP contribution in [0.15, 0.2) is 36.4 Å². The second kappa shape index (κ2) is 22.2. The smallest absolute Gasteiger partial charge is 0.331 e. The number of ether oxygens (including phenoxy) is 4. The molecule has 44 heavy (non-hydrogen) atoms. The molecule has 0 saturated heterocycles. The Morgan fingerprint density at radius 3 is 2.00 bits per heavy atom. The summed E-state index contributed by atoms with van der Waals surface area (Å²) in [6, 6.07) is 8.94. The molecule has 250 valence electrons. The van der Waals surface area contributed by atoms with Crippen molar-refractivity contribution in [3.8, 4) is 5.75 Å². The average Bonchev–Trinajstić information content (AvgIpc) is 2.98. The zero-order chi connectivity index (χ0) is 32.0. The summed E-state index contributed by atoms with van der Waals surface area (Å²) in [5.74, 6) is 1.57. The summed E-state index contributed by atoms with van der Waals surface area (Å²) in [7, 11) is 0. The van der Waals surface area contributed by atoms with Crippen LogP contribution in [-0.2, 0) is 23.8 Å². The predicted molar refractivity (Wildman–Crippen MR) is 179 cm³/mol. The van der Waals surface area contributed by atoms with E-state index in [1.54, 1.807) is 27.7 Å². The minimum Gasteiger partial charge on any atom is -0.494 e. The maximum Gasteiger partial charge on any atom is 0.331 e. The minimum absolute atomic E-state index is 0.346. The lowest BCUT2D eigenvalue weighted by Crippen LogP contribution is -2.23. The Hall–Kier alpha value is -2.34. The first-order valence-electron chi connectivity index (χ1n) is 17.6. The molecule has 0 unspecified atom stereocenters. The van der Waals surface area contributed by atoms with Gasteiger partial charge in [-0.15, -0.1) is 0 Å². The van der Waals surface area contributed by atoms with Crippen LogP contribution >= 0.6 is 0 Å². The van der Waals surface area contributed by atoms with Crippen molar-refractivity contribution < 1.29 is 28.5 Å². The third kappa shape index (κ3) is 18.5. The van der Waals surface area contributed by atoms with E-state index in [2.05, 4.69) is 31.2 Å². The van der Waals surface area contributed by atoms with Crippen LogP contribution < -0.4 is 4.74 Å². The summed E-state index contributed by atoms with van der Waals surface area (Å²) in [5, 5.41) is 0. The summed E-state index contributed by atoms with van der Waals surface area (Å²) in [4.78, 5) is 23.4. The van der Waals surface area contributed by atoms with Crippen molar-refractivity contribution in [2.24, 2.45) is 5.92 Å². The van der Waals surface area contributed by atoms with Crippen LogP contribution in [-0.4, -0.2) is 43.5 Å². The number of carbonyl (C=O) groups excluding carboxylic acids is 2. The molecule has 0 radical (unpaired) electrons. The first-order valence-corrected chi connectivity index (χ1v) is 17.6. The van der Waals surface area contributed by atoms with E-state index >= 15 is 0 Å². The molecule has 1 aliphatic rings. The molecule has 0 spiro atoms. The van der Waals surface area contributed by atoms with Crippen molar-refractivity contribution in [3.63, 3.8) is 0 Å². The maximum absolute atomic E-state index is 11.8. The van der Waals surface area contributed by atoms with E-state index in [1.807, 2.05) is 0 Å². The molecule has 0 heterocycles. The van der Waals surface area contributed by atoms with Crippen LogP contribution in [0, 0.1) is 5.92 Å². The Morgan fingerprint density at radius 2 is 1.39 bits per heavy atom. The van der Waals surface area contributed by atoms with E-state index in [1.165, 1.54) is 89.0 Å². The number of hydrogen-bond donors (Lipinski definition) is 0. The molecule has 1 aromatic carbocycles. The normalized spacial score (nSPS) is 17.8. The molecule has 2 rings (SSSR count). The largest absolute Gasteiger partial charge is 0.494 e. The second-order valence-electron chi connectivity index (χ2n) is 13.6. The number of unbranched alkanes of at least 4 members (excludes halogenated alkanes) is 9. The molecule has 1 aromatic rings. The van der Waals surface area contributed by atoms with Crippen LogP contribution in [0.2, 0.25) is 0 Å². The molecule has 0 amide bonds. The maximum atomic E-state index is 11.8. The van der Waals surface area contributed by atoms with Crippen molar-refractivity contribution in [1.82, 2.24) is 0 Å². The number of rotatable bonds is 22. The van der Waals surface area contributed by atoms with Gasteiger partial charge in [0, 0.05) is 18.8 Å². The van der Waals surface area contributed by atoms with Crippen LogP contribution in [0.25, 0.3) is 0 Å². The molecule has 0 aliphatic heterocycles. The highest BCUT2D eigenvalue weighted by atomic mass is 16.6. The average molecular weight is 615 g/mol. The van der Waals surface area contributed by atoms with Crippen LogP contribution in [0.1, 0.15) is 149 Å². The molecule has 1 atom stereocenters. The minimum atomic E-state index is -0.595. The lowest BCUT2D eigenvalue weighted by atomic mass is 9.77. The third-order valence-corrected chi connectivity index (χ3v) is 8.30. The van der Waals surface area contributed by atoms with Gasteiger partial charge < -0.3 is 18.9 Å². The van der Waals surface area contributed by atoms with Gasteiger partial charge in [0.25, 0.3) is 0 Å². The lowest BCUT2D eigenvalue weighted by molar-refractivity contribution is -0.150. The van der Waals surface area contributed by atoms with Gasteiger partial charge in [-0.05, 0) is 95.8 Å². The third-order valence-electron chi connectivity index (χ3n) is 8.30. The van der Waals surface area contributed by atoms with Crippen molar-refractivity contribution >= 4 is 11.9 Å². The van der Waals surface area contributed by atoms with E-state index in [-0.39, 0.29) is 6.10 Å². The van der Waals surface area contributed by atoms with Crippen LogP contribution in [0.5, 0.6) is 5.75 Å². The SMILES string of the molecule is CCCCCC1CCC(c2ccc(OCCCCCCCCCCOC[C@H](C)OC(=O)/C=C/C(=O)OC(C)(C)C)cc2)CC1. The molecule has 6 heteroatoms. The van der Waals surface area contributed by atoms with Crippen LogP contribution in [0.4, 0.5) is 0 Å². The van der Waals surface area contributed by atoms with Gasteiger partial charge in [-0.2, -0.15) is 0 Å². The molecular weight excluding hydrogens is 552 g/mol. The van der Waals surface area contributed by atoms with Crippen molar-refractivity contribution in [1.29, 1.82) is 0 Å². The van der Waals surface area contributed by atoms with Gasteiger partial charge >= 0.3 is 11.9 Å². The molecule has 0 bridgehead atoms. The fourth-order valence-electron chi connectivity index (χ4n) is 5.85. The van der Waals surface area contributed by atoms with Gasteiger partial charge in [0.1, 0.15) is 17.5 Å². The highest BCUT2D eigenvalue weighted by molar-refractivity contribution is 5.91. The van der Waals surface area contributed by atoms with E-state index in [0.29, 0.717) is 13.2 Å². The topological polar surface area (TPSA) is 71.1 Å². The summed E-state index contributed by atoms with van der Waals surface area (Å²) < 4.78 is 22.0. The Labute approximate surface area is 268 Å². The Bertz CT molecular complexity index is 924. The molecule has 1 saturated carbocycles. The monoisotopic (exact) mass is 614 g/mol. The highest BCUT2D eigenvalue weighted by Crippen LogP contribution is 2.38. The summed E-state index contributed by atoms with van der Waals surface area (Å²) >= 11 is 0. The highest BCUT2D eigenvalue weighted by Gasteiger charge is 2.22. The fourth-order valence-corrected chi connectivity index (χ4v) is 5.85. The lowest BCUT2D eigenvalue weighted by Gasteiger charge is -2.29. The Morgan fingerprint density at radius 1 is 0.795 bits per heavy atom. The summed E-state index contributed by atoms with van der Waals surface area (Å²) in [6.45, 7) is 11.2. The zero-order valence-electron chi connectivity index (χ0n) is 28.6. The van der Waals surface area contributed by atoms with E-state index < -0.39 is 17.5 Å². The van der Waals surface area contributed by atoms with Gasteiger partial charge in [-0.3, -0.25) is 0 Å². The fraction of sp³-hybridized carbons (Fsp3) is 0.737. The van der Waals surface area contributed by atoms with Crippen molar-refractivity contribution in [2.75, 3.05) is 19.8 Å². The Kier molecular flexibility index (Phi) is 19.1. The van der Waals surface area contributed by atoms with Crippen molar-refractivity contribution in [3.05, 3.63) is 42.0 Å². The number of hydrogen-bond acceptors (Lipinski definition) is 6. The summed E-state index contributed by atoms with van der Waals surface area (Å²) in [5.41, 5.74) is 0.902. The molecule has 0 aromatic heterocycles. The van der Waals surface area contributed by atoms with Gasteiger partial charge in [0.05, 0.1) is 13.2 Å². The summed E-state index contributed by atoms with van der Waals surface area (Å²) in [6.07, 6.45) is 22.4. The number of esters is 2. The molecular formula is C38H62O6.